The van der Waals surface area contributed by atoms with Gasteiger partial charge in [-0.05, 0) is 5.56 Å². The molecule has 0 bridgehead atoms. The Hall–Kier alpha value is -2.99. The highest BCUT2D eigenvalue weighted by Gasteiger charge is 2.30. The molecular formula is C19H19N5O. The minimum atomic E-state index is -0.452. The van der Waals surface area contributed by atoms with E-state index in [-0.39, 0.29) is 5.91 Å². The number of amides is 1. The van der Waals surface area contributed by atoms with Crippen molar-refractivity contribution >= 4 is 5.91 Å². The average Bonchev–Trinajstić information content (AvgIpc) is 3.06. The van der Waals surface area contributed by atoms with Crippen LogP contribution in [0.3, 0.4) is 0 Å². The van der Waals surface area contributed by atoms with E-state index in [0.717, 1.165) is 29.3 Å². The molecule has 1 aliphatic rings. The summed E-state index contributed by atoms with van der Waals surface area (Å²) in [7, 11) is 0. The van der Waals surface area contributed by atoms with Gasteiger partial charge in [0.05, 0.1) is 6.54 Å². The fourth-order valence-electron chi connectivity index (χ4n) is 3.39. The maximum absolute atomic E-state index is 12.1. The van der Waals surface area contributed by atoms with Gasteiger partial charge < -0.3 is 10.3 Å². The van der Waals surface area contributed by atoms with E-state index in [4.69, 9.17) is 5.73 Å². The van der Waals surface area contributed by atoms with Crippen molar-refractivity contribution in [1.82, 2.24) is 19.7 Å². The smallest absolute Gasteiger partial charge is 0.239 e. The Morgan fingerprint density at radius 3 is 2.32 bits per heavy atom. The minimum Gasteiger partial charge on any atom is -0.368 e. The summed E-state index contributed by atoms with van der Waals surface area (Å²) < 4.78 is 2.12. The summed E-state index contributed by atoms with van der Waals surface area (Å²) in [6.07, 6.45) is 0. The number of hydrogen-bond donors (Lipinski definition) is 1. The van der Waals surface area contributed by atoms with Gasteiger partial charge in [0.1, 0.15) is 11.9 Å². The number of aromatic nitrogens is 3. The topological polar surface area (TPSA) is 77.0 Å². The zero-order valence-electron chi connectivity index (χ0n) is 13.7. The van der Waals surface area contributed by atoms with Crippen molar-refractivity contribution in [2.75, 3.05) is 6.54 Å². The van der Waals surface area contributed by atoms with Gasteiger partial charge in [-0.15, -0.1) is 10.2 Å². The zero-order valence-corrected chi connectivity index (χ0v) is 13.7. The fourth-order valence-corrected chi connectivity index (χ4v) is 3.39. The van der Waals surface area contributed by atoms with E-state index in [9.17, 15) is 4.79 Å². The van der Waals surface area contributed by atoms with Gasteiger partial charge in [0.2, 0.25) is 5.91 Å². The second-order valence-corrected chi connectivity index (χ2v) is 6.14. The number of nitrogens with two attached hydrogens (primary N) is 1. The van der Waals surface area contributed by atoms with Crippen LogP contribution >= 0.6 is 0 Å². The summed E-state index contributed by atoms with van der Waals surface area (Å²) >= 11 is 0. The third-order valence-corrected chi connectivity index (χ3v) is 4.56. The van der Waals surface area contributed by atoms with Crippen LogP contribution in [-0.4, -0.2) is 32.1 Å². The van der Waals surface area contributed by atoms with E-state index in [0.29, 0.717) is 13.1 Å². The second-order valence-electron chi connectivity index (χ2n) is 6.14. The minimum absolute atomic E-state index is 0.345. The average molecular weight is 333 g/mol. The first-order valence-corrected chi connectivity index (χ1v) is 8.30. The predicted octanol–water partition coefficient (Wildman–Crippen LogP) is 1.99. The number of benzene rings is 2. The van der Waals surface area contributed by atoms with Crippen LogP contribution in [0, 0.1) is 0 Å². The molecule has 2 heterocycles. The molecular weight excluding hydrogens is 314 g/mol. The van der Waals surface area contributed by atoms with Gasteiger partial charge in [0.25, 0.3) is 0 Å². The molecule has 0 saturated carbocycles. The summed E-state index contributed by atoms with van der Waals surface area (Å²) in [4.78, 5) is 14.1. The first kappa shape index (κ1) is 15.5. The summed E-state index contributed by atoms with van der Waals surface area (Å²) in [6.45, 7) is 1.99. The molecule has 2 aromatic carbocycles. The van der Waals surface area contributed by atoms with E-state index in [1.54, 1.807) is 0 Å². The Morgan fingerprint density at radius 1 is 0.960 bits per heavy atom. The molecule has 6 nitrogen and oxygen atoms in total. The molecule has 6 heteroatoms. The van der Waals surface area contributed by atoms with Crippen molar-refractivity contribution in [3.63, 3.8) is 0 Å². The number of carbonyl (C=O) groups excluding carboxylic acids is 1. The van der Waals surface area contributed by atoms with Gasteiger partial charge in [-0.3, -0.25) is 9.69 Å². The molecule has 1 amide bonds. The first-order chi connectivity index (χ1) is 12.2. The van der Waals surface area contributed by atoms with Crippen LogP contribution in [-0.2, 0) is 17.9 Å². The Labute approximate surface area is 145 Å². The summed E-state index contributed by atoms with van der Waals surface area (Å²) in [5, 5.41) is 8.69. The van der Waals surface area contributed by atoms with E-state index in [1.165, 1.54) is 0 Å². The molecule has 25 heavy (non-hydrogen) atoms. The number of carbonyl (C=O) groups is 1. The predicted molar refractivity (Wildman–Crippen MR) is 94.2 cm³/mol. The van der Waals surface area contributed by atoms with E-state index in [2.05, 4.69) is 19.7 Å². The van der Waals surface area contributed by atoms with E-state index >= 15 is 0 Å². The molecule has 0 saturated heterocycles. The molecule has 1 aliphatic heterocycles. The van der Waals surface area contributed by atoms with Crippen molar-refractivity contribution in [3.05, 3.63) is 72.1 Å². The number of rotatable bonds is 4. The lowest BCUT2D eigenvalue weighted by molar-refractivity contribution is -0.124. The van der Waals surface area contributed by atoms with Crippen LogP contribution in [0.1, 0.15) is 17.4 Å². The van der Waals surface area contributed by atoms with E-state index < -0.39 is 6.04 Å². The van der Waals surface area contributed by atoms with Crippen LogP contribution in [0.25, 0.3) is 11.4 Å². The number of fused-ring (bicyclic) bond motifs is 1. The van der Waals surface area contributed by atoms with Crippen LogP contribution < -0.4 is 5.73 Å². The van der Waals surface area contributed by atoms with Crippen LogP contribution in [0.15, 0.2) is 60.7 Å². The third kappa shape index (κ3) is 2.92. The first-order valence-electron chi connectivity index (χ1n) is 8.30. The molecule has 3 aromatic rings. The molecule has 0 aliphatic carbocycles. The van der Waals surface area contributed by atoms with Crippen molar-refractivity contribution in [2.45, 2.75) is 19.1 Å². The van der Waals surface area contributed by atoms with Crippen LogP contribution in [0.5, 0.6) is 0 Å². The highest BCUT2D eigenvalue weighted by Crippen LogP contribution is 2.27. The Balaban J connectivity index is 1.63. The van der Waals surface area contributed by atoms with Gasteiger partial charge >= 0.3 is 0 Å². The van der Waals surface area contributed by atoms with E-state index in [1.807, 2.05) is 60.7 Å². The van der Waals surface area contributed by atoms with Crippen LogP contribution in [0.4, 0.5) is 0 Å². The number of nitrogens with zero attached hydrogens (tertiary/aromatic N) is 4. The van der Waals surface area contributed by atoms with Gasteiger partial charge in [0.15, 0.2) is 5.82 Å². The molecule has 126 valence electrons. The molecule has 0 fully saturated rings. The van der Waals surface area contributed by atoms with Crippen molar-refractivity contribution in [1.29, 1.82) is 0 Å². The van der Waals surface area contributed by atoms with Gasteiger partial charge in [-0.25, -0.2) is 0 Å². The normalized spacial score (nSPS) is 15.5. The Morgan fingerprint density at radius 2 is 1.64 bits per heavy atom. The zero-order chi connectivity index (χ0) is 17.2. The highest BCUT2D eigenvalue weighted by atomic mass is 16.1. The number of primary amides is 1. The van der Waals surface area contributed by atoms with Gasteiger partial charge in [-0.2, -0.15) is 0 Å². The van der Waals surface area contributed by atoms with Gasteiger partial charge in [-0.1, -0.05) is 60.7 Å². The molecule has 1 aromatic heterocycles. The monoisotopic (exact) mass is 333 g/mol. The largest absolute Gasteiger partial charge is 0.368 e. The second kappa shape index (κ2) is 6.49. The summed E-state index contributed by atoms with van der Waals surface area (Å²) in [5.41, 5.74) is 7.65. The summed E-state index contributed by atoms with van der Waals surface area (Å²) in [5.74, 6) is 1.38. The van der Waals surface area contributed by atoms with Crippen molar-refractivity contribution in [2.24, 2.45) is 5.73 Å². The molecule has 1 unspecified atom stereocenters. The third-order valence-electron chi connectivity index (χ3n) is 4.56. The lowest BCUT2D eigenvalue weighted by atomic mass is 10.0. The van der Waals surface area contributed by atoms with Crippen LogP contribution in [0.2, 0.25) is 0 Å². The Kier molecular flexibility index (Phi) is 4.03. The fraction of sp³-hybridized carbons (Fsp3) is 0.211. The maximum atomic E-state index is 12.1. The molecule has 0 radical (unpaired) electrons. The maximum Gasteiger partial charge on any atom is 0.239 e. The molecule has 1 atom stereocenters. The molecule has 2 N–H and O–H groups in total. The van der Waals surface area contributed by atoms with Crippen molar-refractivity contribution in [3.8, 4) is 11.4 Å². The lowest BCUT2D eigenvalue weighted by Crippen LogP contribution is -2.42. The van der Waals surface area contributed by atoms with Gasteiger partial charge in [0, 0.05) is 18.7 Å². The standard InChI is InChI=1S/C19H19N5O/c20-18(25)17(14-7-3-1-4-8-14)23-11-12-24-16(13-23)21-22-19(24)15-9-5-2-6-10-15/h1-10,17H,11-13H2,(H2,20,25). The lowest BCUT2D eigenvalue weighted by Gasteiger charge is -2.33. The SMILES string of the molecule is NC(=O)C(c1ccccc1)N1CCn2c(nnc2-c2ccccc2)C1. The van der Waals surface area contributed by atoms with Crippen molar-refractivity contribution < 1.29 is 4.79 Å². The molecule has 4 rings (SSSR count). The highest BCUT2D eigenvalue weighted by molar-refractivity contribution is 5.81. The number of hydrogen-bond acceptors (Lipinski definition) is 4. The summed E-state index contributed by atoms with van der Waals surface area (Å²) in [6, 6.07) is 19.2. The Bertz CT molecular complexity index is 875. The molecule has 0 spiro atoms. The quantitative estimate of drug-likeness (QED) is 0.792.